The van der Waals surface area contributed by atoms with Crippen molar-refractivity contribution in [1.29, 1.82) is 0 Å². The normalized spacial score (nSPS) is 19.2. The maximum Gasteiger partial charge on any atom is 0.416 e. The van der Waals surface area contributed by atoms with Crippen molar-refractivity contribution < 1.29 is 17.7 Å². The predicted octanol–water partition coefficient (Wildman–Crippen LogP) is 5.01. The summed E-state index contributed by atoms with van der Waals surface area (Å²) in [7, 11) is 0. The highest BCUT2D eigenvalue weighted by molar-refractivity contribution is 5.27. The molecule has 1 fully saturated rings. The van der Waals surface area contributed by atoms with Crippen molar-refractivity contribution in [3.63, 3.8) is 0 Å². The zero-order valence-corrected chi connectivity index (χ0v) is 15.1. The molecule has 2 heterocycles. The summed E-state index contributed by atoms with van der Waals surface area (Å²) in [6.07, 6.45) is -0.500. The maximum atomic E-state index is 12.8. The Labute approximate surface area is 151 Å². The summed E-state index contributed by atoms with van der Waals surface area (Å²) in [6.45, 7) is 5.59. The van der Waals surface area contributed by atoms with Gasteiger partial charge in [-0.2, -0.15) is 18.2 Å². The molecular formula is C19H24F3N3O. The average molecular weight is 367 g/mol. The molecule has 1 aromatic carbocycles. The van der Waals surface area contributed by atoms with Crippen molar-refractivity contribution >= 4 is 0 Å². The van der Waals surface area contributed by atoms with Crippen molar-refractivity contribution in [2.45, 2.75) is 58.3 Å². The molecule has 0 amide bonds. The minimum Gasteiger partial charge on any atom is -0.338 e. The van der Waals surface area contributed by atoms with Gasteiger partial charge < -0.3 is 4.52 Å². The Morgan fingerprint density at radius 3 is 2.58 bits per heavy atom. The maximum absolute atomic E-state index is 12.8. The SMILES string of the molecule is CC(C)Cc1noc(CN2CCCCC2c2ccc(C(F)(F)F)cc2)n1. The minimum atomic E-state index is -4.30. The van der Waals surface area contributed by atoms with Gasteiger partial charge in [-0.25, -0.2) is 0 Å². The summed E-state index contributed by atoms with van der Waals surface area (Å²) < 4.78 is 43.7. The van der Waals surface area contributed by atoms with Gasteiger partial charge in [-0.15, -0.1) is 0 Å². The molecule has 0 spiro atoms. The first kappa shape index (κ1) is 18.9. The van der Waals surface area contributed by atoms with Gasteiger partial charge >= 0.3 is 6.18 Å². The van der Waals surface area contributed by atoms with Gasteiger partial charge in [0.1, 0.15) is 0 Å². The number of hydrogen-bond acceptors (Lipinski definition) is 4. The van der Waals surface area contributed by atoms with Crippen LogP contribution < -0.4 is 0 Å². The van der Waals surface area contributed by atoms with E-state index in [1.165, 1.54) is 0 Å². The van der Waals surface area contributed by atoms with E-state index in [1.807, 2.05) is 0 Å². The molecule has 1 saturated heterocycles. The van der Waals surface area contributed by atoms with Crippen LogP contribution in [0.25, 0.3) is 0 Å². The molecule has 1 aliphatic heterocycles. The smallest absolute Gasteiger partial charge is 0.338 e. The number of hydrogen-bond donors (Lipinski definition) is 0. The Morgan fingerprint density at radius 2 is 1.92 bits per heavy atom. The van der Waals surface area contributed by atoms with Gasteiger partial charge in [-0.05, 0) is 43.0 Å². The average Bonchev–Trinajstić information content (AvgIpc) is 3.01. The first-order valence-corrected chi connectivity index (χ1v) is 9.05. The van der Waals surface area contributed by atoms with Crippen molar-refractivity contribution in [3.8, 4) is 0 Å². The molecule has 0 N–H and O–H groups in total. The fourth-order valence-corrected chi connectivity index (χ4v) is 3.43. The number of alkyl halides is 3. The van der Waals surface area contributed by atoms with Crippen molar-refractivity contribution in [2.24, 2.45) is 5.92 Å². The fraction of sp³-hybridized carbons (Fsp3) is 0.579. The molecule has 1 unspecified atom stereocenters. The lowest BCUT2D eigenvalue weighted by atomic mass is 9.94. The third-order valence-corrected chi connectivity index (χ3v) is 4.68. The first-order chi connectivity index (χ1) is 12.3. The molecule has 1 aliphatic rings. The molecule has 142 valence electrons. The summed E-state index contributed by atoms with van der Waals surface area (Å²) in [4.78, 5) is 6.67. The lowest BCUT2D eigenvalue weighted by molar-refractivity contribution is -0.137. The number of benzene rings is 1. The van der Waals surface area contributed by atoms with E-state index in [9.17, 15) is 13.2 Å². The van der Waals surface area contributed by atoms with Crippen LogP contribution in [0.3, 0.4) is 0 Å². The number of aromatic nitrogens is 2. The summed E-state index contributed by atoms with van der Waals surface area (Å²) in [5, 5.41) is 4.02. The number of likely N-dealkylation sites (tertiary alicyclic amines) is 1. The third-order valence-electron chi connectivity index (χ3n) is 4.68. The molecule has 0 radical (unpaired) electrons. The molecule has 4 nitrogen and oxygen atoms in total. The van der Waals surface area contributed by atoms with Crippen LogP contribution in [0.5, 0.6) is 0 Å². The van der Waals surface area contributed by atoms with E-state index in [-0.39, 0.29) is 6.04 Å². The highest BCUT2D eigenvalue weighted by atomic mass is 19.4. The predicted molar refractivity (Wildman–Crippen MR) is 91.3 cm³/mol. The van der Waals surface area contributed by atoms with Gasteiger partial charge in [0.15, 0.2) is 5.82 Å². The molecular weight excluding hydrogens is 343 g/mol. The van der Waals surface area contributed by atoms with Crippen molar-refractivity contribution in [1.82, 2.24) is 15.0 Å². The Morgan fingerprint density at radius 1 is 1.19 bits per heavy atom. The van der Waals surface area contributed by atoms with E-state index in [2.05, 4.69) is 28.9 Å². The van der Waals surface area contributed by atoms with Crippen LogP contribution >= 0.6 is 0 Å². The zero-order valence-electron chi connectivity index (χ0n) is 15.1. The standard InChI is InChI=1S/C19H24F3N3O/c1-13(2)11-17-23-18(26-24-17)12-25-10-4-3-5-16(25)14-6-8-15(9-7-14)19(20,21)22/h6-9,13,16H,3-5,10-12H2,1-2H3. The fourth-order valence-electron chi connectivity index (χ4n) is 3.43. The second-order valence-corrected chi connectivity index (χ2v) is 7.30. The van der Waals surface area contributed by atoms with Crippen LogP contribution in [-0.2, 0) is 19.1 Å². The number of piperidine rings is 1. The minimum absolute atomic E-state index is 0.0754. The van der Waals surface area contributed by atoms with E-state index >= 15 is 0 Å². The van der Waals surface area contributed by atoms with Crippen LogP contribution in [0, 0.1) is 5.92 Å². The van der Waals surface area contributed by atoms with Crippen LogP contribution in [0.1, 0.15) is 62.0 Å². The van der Waals surface area contributed by atoms with Crippen LogP contribution in [0.15, 0.2) is 28.8 Å². The molecule has 2 aromatic rings. The molecule has 7 heteroatoms. The third kappa shape index (κ3) is 4.63. The van der Waals surface area contributed by atoms with E-state index in [1.54, 1.807) is 12.1 Å². The Balaban J connectivity index is 1.72. The molecule has 0 aliphatic carbocycles. The van der Waals surface area contributed by atoms with Gasteiger partial charge in [0.25, 0.3) is 0 Å². The van der Waals surface area contributed by atoms with Crippen LogP contribution in [-0.4, -0.2) is 21.6 Å². The second-order valence-electron chi connectivity index (χ2n) is 7.30. The Hall–Kier alpha value is -1.89. The summed E-state index contributed by atoms with van der Waals surface area (Å²) in [6, 6.07) is 5.57. The number of nitrogens with zero attached hydrogens (tertiary/aromatic N) is 3. The lowest BCUT2D eigenvalue weighted by Gasteiger charge is -2.35. The highest BCUT2D eigenvalue weighted by Crippen LogP contribution is 2.34. The molecule has 0 bridgehead atoms. The molecule has 0 saturated carbocycles. The van der Waals surface area contributed by atoms with Crippen LogP contribution in [0.2, 0.25) is 0 Å². The van der Waals surface area contributed by atoms with Gasteiger partial charge in [0.05, 0.1) is 12.1 Å². The molecule has 26 heavy (non-hydrogen) atoms. The largest absolute Gasteiger partial charge is 0.416 e. The topological polar surface area (TPSA) is 42.2 Å². The Bertz CT molecular complexity index is 710. The summed E-state index contributed by atoms with van der Waals surface area (Å²) in [5.41, 5.74) is 0.290. The summed E-state index contributed by atoms with van der Waals surface area (Å²) in [5.74, 6) is 1.73. The summed E-state index contributed by atoms with van der Waals surface area (Å²) >= 11 is 0. The van der Waals surface area contributed by atoms with E-state index < -0.39 is 11.7 Å². The lowest BCUT2D eigenvalue weighted by Crippen LogP contribution is -2.33. The highest BCUT2D eigenvalue weighted by Gasteiger charge is 2.31. The first-order valence-electron chi connectivity index (χ1n) is 9.05. The molecule has 3 rings (SSSR count). The number of halogens is 3. The second kappa shape index (κ2) is 7.78. The molecule has 1 atom stereocenters. The zero-order chi connectivity index (χ0) is 18.7. The number of rotatable bonds is 5. The van der Waals surface area contributed by atoms with Gasteiger partial charge in [0.2, 0.25) is 5.89 Å². The van der Waals surface area contributed by atoms with Crippen molar-refractivity contribution in [2.75, 3.05) is 6.54 Å². The monoisotopic (exact) mass is 367 g/mol. The quantitative estimate of drug-likeness (QED) is 0.745. The molecule has 1 aromatic heterocycles. The van der Waals surface area contributed by atoms with Gasteiger partial charge in [-0.3, -0.25) is 4.90 Å². The van der Waals surface area contributed by atoms with Gasteiger partial charge in [-0.1, -0.05) is 37.6 Å². The Kier molecular flexibility index (Phi) is 5.65. The van der Waals surface area contributed by atoms with Crippen LogP contribution in [0.4, 0.5) is 13.2 Å². The van der Waals surface area contributed by atoms with E-state index in [0.29, 0.717) is 24.2 Å². The van der Waals surface area contributed by atoms with Crippen molar-refractivity contribution in [3.05, 3.63) is 47.1 Å². The van der Waals surface area contributed by atoms with Gasteiger partial charge in [0, 0.05) is 12.5 Å². The van der Waals surface area contributed by atoms with E-state index in [0.717, 1.165) is 49.9 Å². The van der Waals surface area contributed by atoms with E-state index in [4.69, 9.17) is 4.52 Å².